The maximum Gasteiger partial charge on any atom is 0.329 e. The molecule has 0 radical (unpaired) electrons. The Labute approximate surface area is 187 Å². The van der Waals surface area contributed by atoms with Crippen LogP contribution in [0.4, 0.5) is 5.69 Å². The number of ether oxygens (including phenoxy) is 1. The van der Waals surface area contributed by atoms with E-state index in [0.717, 1.165) is 0 Å². The van der Waals surface area contributed by atoms with Crippen molar-refractivity contribution in [2.75, 3.05) is 18.5 Å². The highest BCUT2D eigenvalue weighted by molar-refractivity contribution is 6.44. The predicted molar refractivity (Wildman–Crippen MR) is 116 cm³/mol. The SMILES string of the molecule is CCNC(=O)C(=O)N/N=C\c1cc(Cl)ccc1OCC(=O)Nc1cccc(Cl)c1Cl. The van der Waals surface area contributed by atoms with Crippen LogP contribution >= 0.6 is 34.8 Å². The number of amides is 3. The molecule has 0 heterocycles. The van der Waals surface area contributed by atoms with Gasteiger partial charge in [-0.05, 0) is 37.3 Å². The lowest BCUT2D eigenvalue weighted by molar-refractivity contribution is -0.139. The van der Waals surface area contributed by atoms with Crippen LogP contribution in [0.25, 0.3) is 0 Å². The van der Waals surface area contributed by atoms with Gasteiger partial charge in [0.1, 0.15) is 5.75 Å². The molecule has 0 atom stereocenters. The van der Waals surface area contributed by atoms with Gasteiger partial charge in [0.2, 0.25) is 0 Å². The van der Waals surface area contributed by atoms with Crippen LogP contribution in [0, 0.1) is 0 Å². The Morgan fingerprint density at radius 2 is 1.87 bits per heavy atom. The van der Waals surface area contributed by atoms with Gasteiger partial charge in [0, 0.05) is 17.1 Å². The molecule has 0 bridgehead atoms. The van der Waals surface area contributed by atoms with Gasteiger partial charge in [0.15, 0.2) is 6.61 Å². The molecule has 0 saturated carbocycles. The summed E-state index contributed by atoms with van der Waals surface area (Å²) in [4.78, 5) is 35.1. The van der Waals surface area contributed by atoms with Gasteiger partial charge < -0.3 is 15.4 Å². The first-order chi connectivity index (χ1) is 14.3. The molecule has 0 saturated heterocycles. The summed E-state index contributed by atoms with van der Waals surface area (Å²) in [5.74, 6) is -1.92. The van der Waals surface area contributed by atoms with Crippen molar-refractivity contribution in [2.45, 2.75) is 6.92 Å². The minimum Gasteiger partial charge on any atom is -0.483 e. The highest BCUT2D eigenvalue weighted by Crippen LogP contribution is 2.29. The summed E-state index contributed by atoms with van der Waals surface area (Å²) < 4.78 is 5.51. The molecule has 0 aliphatic rings. The number of hydrogen-bond donors (Lipinski definition) is 3. The first kappa shape index (κ1) is 23.5. The van der Waals surface area contributed by atoms with Gasteiger partial charge in [0.25, 0.3) is 5.91 Å². The molecule has 2 rings (SSSR count). The van der Waals surface area contributed by atoms with E-state index in [2.05, 4.69) is 21.2 Å². The second-order valence-electron chi connectivity index (χ2n) is 5.68. The fourth-order valence-electron chi connectivity index (χ4n) is 2.13. The predicted octanol–water partition coefficient (Wildman–Crippen LogP) is 3.25. The van der Waals surface area contributed by atoms with E-state index in [-0.39, 0.29) is 17.4 Å². The first-order valence-electron chi connectivity index (χ1n) is 8.59. The molecule has 8 nitrogen and oxygen atoms in total. The van der Waals surface area contributed by atoms with Gasteiger partial charge in [-0.2, -0.15) is 5.10 Å². The van der Waals surface area contributed by atoms with Crippen LogP contribution in [0.5, 0.6) is 5.75 Å². The number of hydrogen-bond acceptors (Lipinski definition) is 5. The van der Waals surface area contributed by atoms with Crippen LogP contribution in [0.15, 0.2) is 41.5 Å². The standard InChI is InChI=1S/C19H17Cl3N4O4/c1-2-23-18(28)19(29)26-24-9-11-8-12(20)6-7-15(11)30-10-16(27)25-14-5-3-4-13(21)17(14)22/h3-9H,2,10H2,1H3,(H,23,28)(H,25,27)(H,26,29)/b24-9-. The molecule has 0 aliphatic heterocycles. The van der Waals surface area contributed by atoms with E-state index < -0.39 is 17.7 Å². The summed E-state index contributed by atoms with van der Waals surface area (Å²) in [6.45, 7) is 1.65. The van der Waals surface area contributed by atoms with Crippen molar-refractivity contribution in [3.8, 4) is 5.75 Å². The van der Waals surface area contributed by atoms with Crippen molar-refractivity contribution < 1.29 is 19.1 Å². The minimum atomic E-state index is -0.921. The third kappa shape index (κ3) is 6.91. The molecule has 158 valence electrons. The molecular weight excluding hydrogens is 455 g/mol. The number of nitrogens with zero attached hydrogens (tertiary/aromatic N) is 1. The molecule has 3 N–H and O–H groups in total. The van der Waals surface area contributed by atoms with E-state index in [4.69, 9.17) is 39.5 Å². The zero-order valence-corrected chi connectivity index (χ0v) is 17.9. The number of carbonyl (C=O) groups is 3. The quantitative estimate of drug-likeness (QED) is 0.327. The zero-order valence-electron chi connectivity index (χ0n) is 15.7. The van der Waals surface area contributed by atoms with Crippen molar-refractivity contribution in [2.24, 2.45) is 5.10 Å². The van der Waals surface area contributed by atoms with Crippen molar-refractivity contribution in [3.05, 3.63) is 57.0 Å². The molecule has 0 aromatic heterocycles. The van der Waals surface area contributed by atoms with Gasteiger partial charge in [-0.1, -0.05) is 40.9 Å². The summed E-state index contributed by atoms with van der Waals surface area (Å²) in [5, 5.41) is 9.55. The lowest BCUT2D eigenvalue weighted by Crippen LogP contribution is -2.37. The second kappa shape index (κ2) is 11.4. The Bertz CT molecular complexity index is 982. The summed E-state index contributed by atoms with van der Waals surface area (Å²) in [7, 11) is 0. The number of anilines is 1. The lowest BCUT2D eigenvalue weighted by Gasteiger charge is -2.11. The summed E-state index contributed by atoms with van der Waals surface area (Å²) in [6, 6.07) is 9.46. The van der Waals surface area contributed by atoms with Crippen LogP contribution in [0.1, 0.15) is 12.5 Å². The number of benzene rings is 2. The Morgan fingerprint density at radius 1 is 1.10 bits per heavy atom. The Morgan fingerprint density at radius 3 is 2.60 bits per heavy atom. The van der Waals surface area contributed by atoms with Crippen molar-refractivity contribution in [3.63, 3.8) is 0 Å². The molecule has 2 aromatic carbocycles. The Kier molecular flexibility index (Phi) is 8.91. The molecule has 0 aliphatic carbocycles. The number of rotatable bonds is 7. The summed E-state index contributed by atoms with van der Waals surface area (Å²) in [5.41, 5.74) is 2.82. The maximum atomic E-state index is 12.2. The van der Waals surface area contributed by atoms with E-state index in [1.54, 1.807) is 31.2 Å². The van der Waals surface area contributed by atoms with Crippen molar-refractivity contribution >= 4 is 64.4 Å². The Balaban J connectivity index is 2.01. The van der Waals surface area contributed by atoms with E-state index in [0.29, 0.717) is 27.8 Å². The van der Waals surface area contributed by atoms with E-state index in [1.807, 2.05) is 0 Å². The molecule has 3 amide bonds. The number of nitrogens with one attached hydrogen (secondary N) is 3. The minimum absolute atomic E-state index is 0.217. The largest absolute Gasteiger partial charge is 0.483 e. The molecule has 2 aromatic rings. The van der Waals surface area contributed by atoms with Gasteiger partial charge in [-0.25, -0.2) is 5.43 Å². The van der Waals surface area contributed by atoms with E-state index in [9.17, 15) is 14.4 Å². The topological polar surface area (TPSA) is 109 Å². The van der Waals surface area contributed by atoms with Gasteiger partial charge in [-0.15, -0.1) is 0 Å². The molecule has 0 fully saturated rings. The average molecular weight is 472 g/mol. The van der Waals surface area contributed by atoms with E-state index in [1.165, 1.54) is 18.3 Å². The van der Waals surface area contributed by atoms with Crippen molar-refractivity contribution in [1.82, 2.24) is 10.7 Å². The molecular formula is C19H17Cl3N4O4. The number of halogens is 3. The highest BCUT2D eigenvalue weighted by atomic mass is 35.5. The van der Waals surface area contributed by atoms with Gasteiger partial charge >= 0.3 is 11.8 Å². The first-order valence-corrected chi connectivity index (χ1v) is 9.72. The third-order valence-electron chi connectivity index (χ3n) is 3.47. The van der Waals surface area contributed by atoms with Crippen LogP contribution in [-0.4, -0.2) is 37.1 Å². The number of hydrazone groups is 1. The monoisotopic (exact) mass is 470 g/mol. The van der Waals surface area contributed by atoms with Crippen LogP contribution in [0.3, 0.4) is 0 Å². The Hall–Kier alpha value is -2.81. The number of likely N-dealkylation sites (N-methyl/N-ethyl adjacent to an activating group) is 1. The maximum absolute atomic E-state index is 12.2. The van der Waals surface area contributed by atoms with Crippen LogP contribution < -0.4 is 20.8 Å². The molecule has 11 heteroatoms. The summed E-state index contributed by atoms with van der Waals surface area (Å²) >= 11 is 17.9. The lowest BCUT2D eigenvalue weighted by atomic mass is 10.2. The second-order valence-corrected chi connectivity index (χ2v) is 6.90. The van der Waals surface area contributed by atoms with E-state index >= 15 is 0 Å². The highest BCUT2D eigenvalue weighted by Gasteiger charge is 2.12. The normalized spacial score (nSPS) is 10.5. The average Bonchev–Trinajstić information content (AvgIpc) is 2.71. The molecule has 0 unspecified atom stereocenters. The smallest absolute Gasteiger partial charge is 0.329 e. The third-order valence-corrected chi connectivity index (χ3v) is 4.52. The van der Waals surface area contributed by atoms with Crippen LogP contribution in [0.2, 0.25) is 15.1 Å². The van der Waals surface area contributed by atoms with Gasteiger partial charge in [-0.3, -0.25) is 14.4 Å². The summed E-state index contributed by atoms with van der Waals surface area (Å²) in [6.07, 6.45) is 1.24. The van der Waals surface area contributed by atoms with Crippen LogP contribution in [-0.2, 0) is 14.4 Å². The molecule has 0 spiro atoms. The molecule has 30 heavy (non-hydrogen) atoms. The zero-order chi connectivity index (χ0) is 22.1. The fourth-order valence-corrected chi connectivity index (χ4v) is 2.66. The fraction of sp³-hybridized carbons (Fsp3) is 0.158. The van der Waals surface area contributed by atoms with Crippen molar-refractivity contribution in [1.29, 1.82) is 0 Å². The van der Waals surface area contributed by atoms with Gasteiger partial charge in [0.05, 0.1) is 21.9 Å². The number of carbonyl (C=O) groups excluding carboxylic acids is 3.